The summed E-state index contributed by atoms with van der Waals surface area (Å²) in [5.74, 6) is -0.535. The lowest BCUT2D eigenvalue weighted by atomic mass is 9.84. The van der Waals surface area contributed by atoms with Crippen molar-refractivity contribution in [3.63, 3.8) is 0 Å². The monoisotopic (exact) mass is 442 g/mol. The van der Waals surface area contributed by atoms with Gasteiger partial charge in [-0.05, 0) is 55.0 Å². The number of carbonyl (C=O) groups excluding carboxylic acids is 2. The molecule has 1 unspecified atom stereocenters. The Morgan fingerprint density at radius 3 is 2.80 bits per heavy atom. The van der Waals surface area contributed by atoms with E-state index in [2.05, 4.69) is 12.2 Å². The number of ether oxygens (including phenoxy) is 1. The quantitative estimate of drug-likeness (QED) is 0.544. The summed E-state index contributed by atoms with van der Waals surface area (Å²) in [6, 6.07) is 12.3. The molecule has 2 aromatic carbocycles. The molecule has 154 valence electrons. The molecule has 0 fully saturated rings. The number of nitrogens with one attached hydrogen (secondary N) is 1. The minimum absolute atomic E-state index is 0.311. The van der Waals surface area contributed by atoms with Crippen molar-refractivity contribution in [1.82, 2.24) is 4.98 Å². The Bertz CT molecular complexity index is 1150. The fourth-order valence-corrected chi connectivity index (χ4v) is 4.23. The number of aromatic nitrogens is 1. The van der Waals surface area contributed by atoms with Crippen LogP contribution in [-0.4, -0.2) is 23.5 Å². The molecule has 1 amide bonds. The van der Waals surface area contributed by atoms with E-state index < -0.39 is 18.5 Å². The van der Waals surface area contributed by atoms with Crippen LogP contribution in [0.2, 0.25) is 10.0 Å². The Balaban J connectivity index is 1.56. The molecule has 4 rings (SSSR count). The summed E-state index contributed by atoms with van der Waals surface area (Å²) < 4.78 is 5.39. The van der Waals surface area contributed by atoms with Gasteiger partial charge in [-0.3, -0.25) is 9.78 Å². The van der Waals surface area contributed by atoms with Gasteiger partial charge in [-0.25, -0.2) is 4.79 Å². The number of hydrogen-bond donors (Lipinski definition) is 1. The zero-order valence-electron chi connectivity index (χ0n) is 16.4. The molecule has 0 aliphatic heterocycles. The highest BCUT2D eigenvalue weighted by molar-refractivity contribution is 6.36. The summed E-state index contributed by atoms with van der Waals surface area (Å²) in [5, 5.41) is 4.15. The normalized spacial score (nSPS) is 15.5. The highest BCUT2D eigenvalue weighted by atomic mass is 35.5. The predicted octanol–water partition coefficient (Wildman–Crippen LogP) is 5.46. The zero-order chi connectivity index (χ0) is 21.3. The van der Waals surface area contributed by atoms with E-state index in [1.165, 1.54) is 6.07 Å². The number of halogens is 2. The summed E-state index contributed by atoms with van der Waals surface area (Å²) in [5.41, 5.74) is 3.55. The molecule has 3 aromatic rings. The molecule has 0 saturated heterocycles. The van der Waals surface area contributed by atoms with Gasteiger partial charge in [0.1, 0.15) is 0 Å². The molecule has 0 spiro atoms. The first-order valence-corrected chi connectivity index (χ1v) is 10.5. The summed E-state index contributed by atoms with van der Waals surface area (Å²) >= 11 is 11.9. The van der Waals surface area contributed by atoms with E-state index in [0.29, 0.717) is 27.2 Å². The van der Waals surface area contributed by atoms with Crippen LogP contribution in [0.15, 0.2) is 42.5 Å². The fourth-order valence-electron chi connectivity index (χ4n) is 3.78. The van der Waals surface area contributed by atoms with Crippen LogP contribution in [0, 0.1) is 5.92 Å². The minimum Gasteiger partial charge on any atom is -0.452 e. The Labute approximate surface area is 184 Å². The number of nitrogens with zero attached hydrogens (tertiary/aromatic N) is 1. The minimum atomic E-state index is -0.517. The van der Waals surface area contributed by atoms with Crippen molar-refractivity contribution in [2.75, 3.05) is 11.9 Å². The predicted molar refractivity (Wildman–Crippen MR) is 118 cm³/mol. The second-order valence-electron chi connectivity index (χ2n) is 7.53. The molecule has 5 nitrogen and oxygen atoms in total. The lowest BCUT2D eigenvalue weighted by Gasteiger charge is -2.24. The lowest BCUT2D eigenvalue weighted by Crippen LogP contribution is -2.23. The molecule has 1 aliphatic rings. The number of pyridine rings is 1. The third kappa shape index (κ3) is 4.27. The fraction of sp³-hybridized carbons (Fsp3) is 0.261. The number of carbonyl (C=O) groups is 2. The van der Waals surface area contributed by atoms with Crippen molar-refractivity contribution < 1.29 is 14.3 Å². The van der Waals surface area contributed by atoms with Crippen molar-refractivity contribution in [3.05, 3.63) is 69.3 Å². The van der Waals surface area contributed by atoms with E-state index in [0.717, 1.165) is 41.4 Å². The third-order valence-corrected chi connectivity index (χ3v) is 5.80. The van der Waals surface area contributed by atoms with Gasteiger partial charge < -0.3 is 10.1 Å². The highest BCUT2D eigenvalue weighted by Crippen LogP contribution is 2.32. The van der Waals surface area contributed by atoms with Gasteiger partial charge in [0.2, 0.25) is 0 Å². The van der Waals surface area contributed by atoms with E-state index >= 15 is 0 Å². The maximum absolute atomic E-state index is 13.0. The molecule has 1 heterocycles. The molecule has 1 aliphatic carbocycles. The first kappa shape index (κ1) is 20.6. The second-order valence-corrected chi connectivity index (χ2v) is 8.37. The number of anilines is 1. The topological polar surface area (TPSA) is 68.3 Å². The third-order valence-electron chi connectivity index (χ3n) is 5.25. The highest BCUT2D eigenvalue weighted by Gasteiger charge is 2.26. The molecule has 7 heteroatoms. The molecular weight excluding hydrogens is 423 g/mol. The number of fused-ring (bicyclic) bond motifs is 2. The van der Waals surface area contributed by atoms with Crippen molar-refractivity contribution in [2.45, 2.75) is 26.2 Å². The van der Waals surface area contributed by atoms with Gasteiger partial charge in [0.05, 0.1) is 21.8 Å². The number of hydrogen-bond acceptors (Lipinski definition) is 4. The van der Waals surface area contributed by atoms with Crippen LogP contribution in [0.25, 0.3) is 10.9 Å². The van der Waals surface area contributed by atoms with Gasteiger partial charge in [0.25, 0.3) is 5.91 Å². The van der Waals surface area contributed by atoms with Crippen molar-refractivity contribution in [1.29, 1.82) is 0 Å². The van der Waals surface area contributed by atoms with E-state index in [1.54, 1.807) is 12.1 Å². The molecule has 0 saturated carbocycles. The van der Waals surface area contributed by atoms with E-state index in [-0.39, 0.29) is 0 Å². The van der Waals surface area contributed by atoms with Crippen LogP contribution < -0.4 is 5.32 Å². The van der Waals surface area contributed by atoms with Gasteiger partial charge in [0.15, 0.2) is 6.61 Å². The van der Waals surface area contributed by atoms with Gasteiger partial charge in [0, 0.05) is 16.1 Å². The molecule has 1 atom stereocenters. The Kier molecular flexibility index (Phi) is 5.93. The maximum atomic E-state index is 13.0. The zero-order valence-corrected chi connectivity index (χ0v) is 17.9. The van der Waals surface area contributed by atoms with Crippen LogP contribution in [0.3, 0.4) is 0 Å². The Morgan fingerprint density at radius 2 is 2.00 bits per heavy atom. The largest absolute Gasteiger partial charge is 0.452 e. The van der Waals surface area contributed by atoms with Crippen LogP contribution in [0.5, 0.6) is 0 Å². The lowest BCUT2D eigenvalue weighted by molar-refractivity contribution is -0.119. The SMILES string of the molecule is CC1CCc2nc3ccccc3c(C(=O)OCC(=O)Nc3ccc(Cl)cc3Cl)c2C1. The van der Waals surface area contributed by atoms with E-state index in [9.17, 15) is 9.59 Å². The maximum Gasteiger partial charge on any atom is 0.339 e. The molecule has 1 aromatic heterocycles. The number of para-hydroxylation sites is 1. The average molecular weight is 443 g/mol. The van der Waals surface area contributed by atoms with Crippen LogP contribution in [0.4, 0.5) is 5.69 Å². The smallest absolute Gasteiger partial charge is 0.339 e. The van der Waals surface area contributed by atoms with Crippen molar-refractivity contribution in [2.24, 2.45) is 5.92 Å². The van der Waals surface area contributed by atoms with Gasteiger partial charge >= 0.3 is 5.97 Å². The van der Waals surface area contributed by atoms with Crippen LogP contribution >= 0.6 is 23.2 Å². The standard InChI is InChI=1S/C23H20Cl2N2O3/c1-13-6-8-19-16(10-13)22(15-4-2-3-5-18(15)26-19)23(29)30-12-21(28)27-20-9-7-14(24)11-17(20)25/h2-5,7,9,11,13H,6,8,10,12H2,1H3,(H,27,28). The van der Waals surface area contributed by atoms with E-state index in [4.69, 9.17) is 32.9 Å². The molecule has 0 radical (unpaired) electrons. The van der Waals surface area contributed by atoms with Gasteiger partial charge in [-0.1, -0.05) is 48.3 Å². The summed E-state index contributed by atoms with van der Waals surface area (Å²) in [6.07, 6.45) is 2.64. The number of rotatable bonds is 4. The molecular formula is C23H20Cl2N2O3. The van der Waals surface area contributed by atoms with Crippen molar-refractivity contribution >= 4 is 51.7 Å². The number of benzene rings is 2. The number of aryl methyl sites for hydroxylation is 1. The summed E-state index contributed by atoms with van der Waals surface area (Å²) in [4.78, 5) is 30.1. The van der Waals surface area contributed by atoms with E-state index in [1.807, 2.05) is 24.3 Å². The average Bonchev–Trinajstić information content (AvgIpc) is 2.72. The second kappa shape index (κ2) is 8.62. The van der Waals surface area contributed by atoms with Crippen molar-refractivity contribution in [3.8, 4) is 0 Å². The van der Waals surface area contributed by atoms with Gasteiger partial charge in [-0.15, -0.1) is 0 Å². The first-order valence-electron chi connectivity index (χ1n) is 9.75. The van der Waals surface area contributed by atoms with Crippen LogP contribution in [0.1, 0.15) is 35.0 Å². The number of esters is 1. The number of amides is 1. The molecule has 30 heavy (non-hydrogen) atoms. The molecule has 1 N–H and O–H groups in total. The summed E-state index contributed by atoms with van der Waals surface area (Å²) in [7, 11) is 0. The Hall–Kier alpha value is -2.63. The van der Waals surface area contributed by atoms with Crippen LogP contribution in [-0.2, 0) is 22.4 Å². The molecule has 0 bridgehead atoms. The summed E-state index contributed by atoms with van der Waals surface area (Å²) in [6.45, 7) is 1.75. The Morgan fingerprint density at radius 1 is 1.20 bits per heavy atom. The first-order chi connectivity index (χ1) is 14.4. The van der Waals surface area contributed by atoms with Gasteiger partial charge in [-0.2, -0.15) is 0 Å².